The Bertz CT molecular complexity index is 349. The van der Waals surface area contributed by atoms with E-state index in [1.165, 1.54) is 5.56 Å². The van der Waals surface area contributed by atoms with Crippen LogP contribution in [0.3, 0.4) is 0 Å². The second-order valence-electron chi connectivity index (χ2n) is 3.18. The first-order valence-electron chi connectivity index (χ1n) is 4.60. The first-order chi connectivity index (χ1) is 6.69. The van der Waals surface area contributed by atoms with Crippen molar-refractivity contribution in [3.63, 3.8) is 0 Å². The summed E-state index contributed by atoms with van der Waals surface area (Å²) >= 11 is 6.07. The van der Waals surface area contributed by atoms with E-state index in [-0.39, 0.29) is 0 Å². The molecule has 0 N–H and O–H groups in total. The number of carbonyl (C=O) groups is 1. The van der Waals surface area contributed by atoms with Crippen LogP contribution in [0, 0.1) is 6.92 Å². The molecule has 0 aliphatic carbocycles. The maximum absolute atomic E-state index is 10.7. The Hall–Kier alpha value is -1.08. The number of carbonyl (C=O) groups excluding carboxylic acids is 1. The molecule has 0 atom stereocenters. The highest BCUT2D eigenvalue weighted by molar-refractivity contribution is 6.50. The number of aryl methyl sites for hydroxylation is 1. The third-order valence-corrected chi connectivity index (χ3v) is 2.57. The van der Waals surface area contributed by atoms with Crippen LogP contribution in [0.15, 0.2) is 29.8 Å². The summed E-state index contributed by atoms with van der Waals surface area (Å²) < 4.78 is 0. The topological polar surface area (TPSA) is 17.1 Å². The zero-order chi connectivity index (χ0) is 10.6. The van der Waals surface area contributed by atoms with Crippen molar-refractivity contribution in [2.75, 3.05) is 0 Å². The van der Waals surface area contributed by atoms with Crippen molar-refractivity contribution in [2.24, 2.45) is 0 Å². The molecule has 0 saturated carbocycles. The summed E-state index contributed by atoms with van der Waals surface area (Å²) in [4.78, 5) is 10.7. The van der Waals surface area contributed by atoms with Gasteiger partial charge in [-0.15, -0.1) is 0 Å². The quantitative estimate of drug-likeness (QED) is 0.549. The van der Waals surface area contributed by atoms with Gasteiger partial charge in [-0.1, -0.05) is 48.4 Å². The van der Waals surface area contributed by atoms with Crippen LogP contribution in [0.25, 0.3) is 5.03 Å². The van der Waals surface area contributed by atoms with E-state index < -0.39 is 0 Å². The molecule has 1 aromatic rings. The van der Waals surface area contributed by atoms with E-state index in [1.54, 1.807) is 0 Å². The number of hydrogen-bond donors (Lipinski definition) is 0. The highest BCUT2D eigenvalue weighted by Gasteiger charge is 2.03. The highest BCUT2D eigenvalue weighted by atomic mass is 35.5. The van der Waals surface area contributed by atoms with Gasteiger partial charge in [-0.25, -0.2) is 0 Å². The summed E-state index contributed by atoms with van der Waals surface area (Å²) in [6.45, 7) is 3.93. The van der Waals surface area contributed by atoms with Gasteiger partial charge in [-0.3, -0.25) is 4.79 Å². The molecule has 2 heteroatoms. The maximum atomic E-state index is 10.7. The summed E-state index contributed by atoms with van der Waals surface area (Å²) in [5.41, 5.74) is 2.74. The van der Waals surface area contributed by atoms with Crippen LogP contribution in [0.1, 0.15) is 24.5 Å². The fourth-order valence-electron chi connectivity index (χ4n) is 1.18. The van der Waals surface area contributed by atoms with Gasteiger partial charge in [0.2, 0.25) is 0 Å². The third-order valence-electron chi connectivity index (χ3n) is 2.11. The van der Waals surface area contributed by atoms with Gasteiger partial charge >= 0.3 is 0 Å². The molecule has 1 rings (SSSR count). The van der Waals surface area contributed by atoms with Crippen LogP contribution in [0.4, 0.5) is 0 Å². The van der Waals surface area contributed by atoms with Gasteiger partial charge in [0.1, 0.15) is 6.29 Å². The fraction of sp³-hybridized carbons (Fsp3) is 0.250. The molecule has 1 nitrogen and oxygen atoms in total. The average Bonchev–Trinajstić information content (AvgIpc) is 2.20. The van der Waals surface area contributed by atoms with Gasteiger partial charge < -0.3 is 0 Å². The molecule has 0 aromatic heterocycles. The molecule has 14 heavy (non-hydrogen) atoms. The van der Waals surface area contributed by atoms with Gasteiger partial charge in [-0.05, 0) is 18.9 Å². The molecule has 0 amide bonds. The number of halogens is 1. The van der Waals surface area contributed by atoms with Crippen LogP contribution >= 0.6 is 11.6 Å². The maximum Gasteiger partial charge on any atom is 0.147 e. The Morgan fingerprint density at radius 3 is 2.36 bits per heavy atom. The predicted molar refractivity (Wildman–Crippen MR) is 60.3 cm³/mol. The number of rotatable bonds is 3. The van der Waals surface area contributed by atoms with Crippen LogP contribution in [-0.4, -0.2) is 6.29 Å². The molecule has 0 heterocycles. The summed E-state index contributed by atoms with van der Waals surface area (Å²) in [6.07, 6.45) is 1.48. The van der Waals surface area contributed by atoms with E-state index in [0.29, 0.717) is 17.0 Å². The molecule has 0 bridgehead atoms. The molecule has 0 fully saturated rings. The van der Waals surface area contributed by atoms with Gasteiger partial charge in [0.15, 0.2) is 0 Å². The molecule has 0 aliphatic heterocycles. The van der Waals surface area contributed by atoms with Crippen molar-refractivity contribution in [3.05, 3.63) is 41.0 Å². The number of aldehydes is 1. The zero-order valence-electron chi connectivity index (χ0n) is 8.38. The molecular formula is C12H13ClO. The minimum atomic E-state index is 0.558. The lowest BCUT2D eigenvalue weighted by Crippen LogP contribution is -1.87. The summed E-state index contributed by atoms with van der Waals surface area (Å²) in [5.74, 6) is 0. The lowest BCUT2D eigenvalue weighted by Gasteiger charge is -2.03. The van der Waals surface area contributed by atoms with E-state index in [4.69, 9.17) is 11.6 Å². The van der Waals surface area contributed by atoms with Gasteiger partial charge in [-0.2, -0.15) is 0 Å². The molecule has 0 unspecified atom stereocenters. The minimum Gasteiger partial charge on any atom is -0.298 e. The highest BCUT2D eigenvalue weighted by Crippen LogP contribution is 2.23. The fourth-order valence-corrected chi connectivity index (χ4v) is 1.48. The van der Waals surface area contributed by atoms with E-state index in [9.17, 15) is 4.79 Å². The lowest BCUT2D eigenvalue weighted by atomic mass is 10.1. The first-order valence-corrected chi connectivity index (χ1v) is 4.97. The van der Waals surface area contributed by atoms with Crippen molar-refractivity contribution >= 4 is 22.9 Å². The van der Waals surface area contributed by atoms with E-state index in [0.717, 1.165) is 11.8 Å². The van der Waals surface area contributed by atoms with Crippen LogP contribution < -0.4 is 0 Å². The minimum absolute atomic E-state index is 0.558. The number of benzene rings is 1. The monoisotopic (exact) mass is 208 g/mol. The number of allylic oxidation sites excluding steroid dienone is 1. The normalized spacial score (nSPS) is 12.2. The predicted octanol–water partition coefficient (Wildman–Crippen LogP) is 3.55. The van der Waals surface area contributed by atoms with Gasteiger partial charge in [0, 0.05) is 5.57 Å². The molecule has 0 radical (unpaired) electrons. The lowest BCUT2D eigenvalue weighted by molar-refractivity contribution is -0.104. The van der Waals surface area contributed by atoms with E-state index in [2.05, 4.69) is 0 Å². The number of hydrogen-bond acceptors (Lipinski definition) is 1. The Labute approximate surface area is 89.4 Å². The summed E-state index contributed by atoms with van der Waals surface area (Å²) in [6, 6.07) is 7.82. The van der Waals surface area contributed by atoms with E-state index >= 15 is 0 Å². The Morgan fingerprint density at radius 1 is 1.36 bits per heavy atom. The van der Waals surface area contributed by atoms with Crippen LogP contribution in [0.5, 0.6) is 0 Å². The Morgan fingerprint density at radius 2 is 1.93 bits per heavy atom. The van der Waals surface area contributed by atoms with Crippen LogP contribution in [0.2, 0.25) is 0 Å². The van der Waals surface area contributed by atoms with E-state index in [1.807, 2.05) is 38.1 Å². The van der Waals surface area contributed by atoms with Crippen molar-refractivity contribution in [1.82, 2.24) is 0 Å². The molecule has 74 valence electrons. The Balaban J connectivity index is 3.10. The van der Waals surface area contributed by atoms with Crippen molar-refractivity contribution < 1.29 is 4.79 Å². The largest absolute Gasteiger partial charge is 0.298 e. The van der Waals surface area contributed by atoms with Crippen molar-refractivity contribution in [1.29, 1.82) is 0 Å². The van der Waals surface area contributed by atoms with Gasteiger partial charge in [0.25, 0.3) is 0 Å². The smallest absolute Gasteiger partial charge is 0.147 e. The standard InChI is InChI=1S/C12H13ClO/c1-3-10(8-14)12(13)11-6-4-9(2)5-7-11/h4-8H,3H2,1-2H3/b12-10+. The SMILES string of the molecule is CC/C(C=O)=C(\Cl)c1ccc(C)cc1. The molecular weight excluding hydrogens is 196 g/mol. The molecule has 0 spiro atoms. The van der Waals surface area contributed by atoms with Crippen molar-refractivity contribution in [2.45, 2.75) is 20.3 Å². The molecule has 0 aliphatic rings. The van der Waals surface area contributed by atoms with Crippen molar-refractivity contribution in [3.8, 4) is 0 Å². The second-order valence-corrected chi connectivity index (χ2v) is 3.55. The molecule has 0 saturated heterocycles. The van der Waals surface area contributed by atoms with Crippen LogP contribution in [-0.2, 0) is 4.79 Å². The molecule has 1 aromatic carbocycles. The summed E-state index contributed by atoms with van der Waals surface area (Å²) in [5, 5.41) is 0.558. The third kappa shape index (κ3) is 2.46. The summed E-state index contributed by atoms with van der Waals surface area (Å²) in [7, 11) is 0. The first kappa shape index (κ1) is 11.0. The second kappa shape index (κ2) is 4.97. The Kier molecular flexibility index (Phi) is 3.90. The zero-order valence-corrected chi connectivity index (χ0v) is 9.14. The van der Waals surface area contributed by atoms with Gasteiger partial charge in [0.05, 0.1) is 5.03 Å². The average molecular weight is 209 g/mol.